The van der Waals surface area contributed by atoms with Crippen molar-refractivity contribution < 1.29 is 39.3 Å². The summed E-state index contributed by atoms with van der Waals surface area (Å²) in [6.45, 7) is 3.88. The topological polar surface area (TPSA) is 153 Å². The SMILES string of the molecule is CCCCCCCCCCCCCCCCCCC1CC(=O)N(c2cc(C(=O)N(CC)c3cc(C(=O)O)cc(C(=O)O)c3)c(O)c3ccccc23)C1=O. The van der Waals surface area contributed by atoms with Crippen molar-refractivity contribution in [2.24, 2.45) is 5.92 Å². The van der Waals surface area contributed by atoms with Crippen molar-refractivity contribution >= 4 is 51.8 Å². The molecule has 4 rings (SSSR count). The van der Waals surface area contributed by atoms with Gasteiger partial charge in [-0.1, -0.05) is 134 Å². The maximum absolute atomic E-state index is 14.1. The van der Waals surface area contributed by atoms with Crippen molar-refractivity contribution in [1.82, 2.24) is 0 Å². The molecule has 1 aliphatic rings. The summed E-state index contributed by atoms with van der Waals surface area (Å²) in [6.07, 6.45) is 20.7. The monoisotopic (exact) mass is 728 g/mol. The van der Waals surface area contributed by atoms with E-state index in [1.165, 1.54) is 102 Å². The van der Waals surface area contributed by atoms with E-state index in [1.54, 1.807) is 31.2 Å². The van der Waals surface area contributed by atoms with E-state index < -0.39 is 23.8 Å². The molecule has 3 aromatic rings. The molecule has 1 saturated heterocycles. The van der Waals surface area contributed by atoms with Gasteiger partial charge in [-0.15, -0.1) is 0 Å². The number of aromatic hydroxyl groups is 1. The number of unbranched alkanes of at least 4 members (excludes halogenated alkanes) is 15. The van der Waals surface area contributed by atoms with Crippen LogP contribution >= 0.6 is 0 Å². The normalized spacial score (nSPS) is 14.3. The van der Waals surface area contributed by atoms with Gasteiger partial charge in [-0.05, 0) is 37.6 Å². The van der Waals surface area contributed by atoms with Crippen molar-refractivity contribution in [2.45, 2.75) is 129 Å². The van der Waals surface area contributed by atoms with E-state index in [1.807, 2.05) is 0 Å². The number of hydrogen-bond acceptors (Lipinski definition) is 6. The average molecular weight is 729 g/mol. The van der Waals surface area contributed by atoms with Crippen LogP contribution in [0.1, 0.15) is 160 Å². The van der Waals surface area contributed by atoms with E-state index in [0.717, 1.165) is 35.1 Å². The van der Waals surface area contributed by atoms with Crippen molar-refractivity contribution in [2.75, 3.05) is 16.3 Å². The Morgan fingerprint density at radius 3 is 1.68 bits per heavy atom. The molecule has 0 bridgehead atoms. The van der Waals surface area contributed by atoms with E-state index >= 15 is 0 Å². The van der Waals surface area contributed by atoms with Gasteiger partial charge in [0.15, 0.2) is 0 Å². The van der Waals surface area contributed by atoms with E-state index in [4.69, 9.17) is 0 Å². The highest BCUT2D eigenvalue weighted by molar-refractivity contribution is 6.25. The summed E-state index contributed by atoms with van der Waals surface area (Å²) in [4.78, 5) is 67.0. The number of nitrogens with zero attached hydrogens (tertiary/aromatic N) is 2. The molecule has 0 spiro atoms. The Hall–Kier alpha value is -4.73. The van der Waals surface area contributed by atoms with Gasteiger partial charge in [-0.25, -0.2) is 14.5 Å². The third kappa shape index (κ3) is 10.9. The maximum atomic E-state index is 14.1. The zero-order chi connectivity index (χ0) is 38.3. The first kappa shape index (κ1) is 41.0. The smallest absolute Gasteiger partial charge is 0.335 e. The summed E-state index contributed by atoms with van der Waals surface area (Å²) in [5, 5.41) is 31.2. The second-order valence-electron chi connectivity index (χ2n) is 14.3. The lowest BCUT2D eigenvalue weighted by Crippen LogP contribution is -2.33. The second-order valence-corrected chi connectivity index (χ2v) is 14.3. The number of carboxylic acids is 2. The van der Waals surface area contributed by atoms with Gasteiger partial charge in [0.05, 0.1) is 22.4 Å². The number of imide groups is 1. The fraction of sp³-hybridized carbons (Fsp3) is 0.512. The molecule has 3 N–H and O–H groups in total. The Kier molecular flexibility index (Phi) is 15.9. The van der Waals surface area contributed by atoms with Gasteiger partial charge in [-0.3, -0.25) is 14.4 Å². The van der Waals surface area contributed by atoms with E-state index in [9.17, 15) is 39.3 Å². The molecular formula is C43H56N2O8. The largest absolute Gasteiger partial charge is 0.506 e. The summed E-state index contributed by atoms with van der Waals surface area (Å²) in [5.74, 6) is -5.04. The molecule has 53 heavy (non-hydrogen) atoms. The van der Waals surface area contributed by atoms with Crippen LogP contribution in [0.4, 0.5) is 11.4 Å². The molecule has 3 amide bonds. The Labute approximate surface area is 313 Å². The number of phenolic OH excluding ortho intramolecular Hbond substituents is 1. The lowest BCUT2D eigenvalue weighted by molar-refractivity contribution is -0.122. The molecule has 1 atom stereocenters. The zero-order valence-corrected chi connectivity index (χ0v) is 31.4. The molecule has 0 radical (unpaired) electrons. The third-order valence-electron chi connectivity index (χ3n) is 10.4. The predicted octanol–water partition coefficient (Wildman–Crippen LogP) is 10.1. The number of fused-ring (bicyclic) bond motifs is 1. The third-order valence-corrected chi connectivity index (χ3v) is 10.4. The van der Waals surface area contributed by atoms with E-state index in [2.05, 4.69) is 6.92 Å². The highest BCUT2D eigenvalue weighted by atomic mass is 16.4. The van der Waals surface area contributed by atoms with E-state index in [-0.39, 0.29) is 64.0 Å². The molecule has 1 fully saturated rings. The minimum atomic E-state index is -1.37. The summed E-state index contributed by atoms with van der Waals surface area (Å²) in [7, 11) is 0. The van der Waals surface area contributed by atoms with Crippen LogP contribution < -0.4 is 9.80 Å². The van der Waals surface area contributed by atoms with Crippen LogP contribution in [-0.4, -0.2) is 51.5 Å². The quantitative estimate of drug-likeness (QED) is 0.0644. The summed E-state index contributed by atoms with van der Waals surface area (Å²) in [6, 6.07) is 11.4. The number of rotatable bonds is 23. The van der Waals surface area contributed by atoms with Gasteiger partial charge < -0.3 is 20.2 Å². The molecule has 0 aromatic heterocycles. The van der Waals surface area contributed by atoms with Crippen LogP contribution in [0, 0.1) is 5.92 Å². The van der Waals surface area contributed by atoms with Crippen LogP contribution in [0.2, 0.25) is 0 Å². The maximum Gasteiger partial charge on any atom is 0.335 e. The molecule has 286 valence electrons. The second kappa shape index (κ2) is 20.5. The number of carboxylic acid groups (broad SMARTS) is 2. The minimum absolute atomic E-state index is 0.00548. The predicted molar refractivity (Wildman–Crippen MR) is 208 cm³/mol. The number of carbonyl (C=O) groups is 5. The Morgan fingerprint density at radius 2 is 1.19 bits per heavy atom. The lowest BCUT2D eigenvalue weighted by Gasteiger charge is -2.25. The molecular weight excluding hydrogens is 672 g/mol. The van der Waals surface area contributed by atoms with Gasteiger partial charge in [0.25, 0.3) is 5.91 Å². The van der Waals surface area contributed by atoms with Gasteiger partial charge in [0.1, 0.15) is 5.75 Å². The summed E-state index contributed by atoms with van der Waals surface area (Å²) in [5.41, 5.74) is -0.652. The average Bonchev–Trinajstić information content (AvgIpc) is 3.43. The number of benzene rings is 3. The first-order valence-electron chi connectivity index (χ1n) is 19.6. The van der Waals surface area contributed by atoms with Gasteiger partial charge in [0, 0.05) is 35.3 Å². The van der Waals surface area contributed by atoms with Crippen LogP contribution in [0.5, 0.6) is 5.75 Å². The van der Waals surface area contributed by atoms with Crippen molar-refractivity contribution in [3.63, 3.8) is 0 Å². The first-order valence-corrected chi connectivity index (χ1v) is 19.6. The number of aromatic carboxylic acids is 2. The van der Waals surface area contributed by atoms with Crippen LogP contribution in [-0.2, 0) is 9.59 Å². The number of carbonyl (C=O) groups excluding carboxylic acids is 3. The van der Waals surface area contributed by atoms with Gasteiger partial charge in [0.2, 0.25) is 11.8 Å². The van der Waals surface area contributed by atoms with Crippen molar-refractivity contribution in [1.29, 1.82) is 0 Å². The molecule has 1 heterocycles. The molecule has 1 unspecified atom stereocenters. The fourth-order valence-electron chi connectivity index (χ4n) is 7.40. The highest BCUT2D eigenvalue weighted by Gasteiger charge is 2.40. The van der Waals surface area contributed by atoms with E-state index in [0.29, 0.717) is 11.8 Å². The fourth-order valence-corrected chi connectivity index (χ4v) is 7.40. The summed E-state index contributed by atoms with van der Waals surface area (Å²) < 4.78 is 0. The van der Waals surface area contributed by atoms with Crippen molar-refractivity contribution in [3.8, 4) is 5.75 Å². The summed E-state index contributed by atoms with van der Waals surface area (Å²) >= 11 is 0. The van der Waals surface area contributed by atoms with Gasteiger partial charge in [-0.2, -0.15) is 0 Å². The Bertz CT molecular complexity index is 1720. The number of amides is 3. The minimum Gasteiger partial charge on any atom is -0.506 e. The molecule has 3 aromatic carbocycles. The van der Waals surface area contributed by atoms with Crippen LogP contribution in [0.3, 0.4) is 0 Å². The molecule has 10 nitrogen and oxygen atoms in total. The Balaban J connectivity index is 1.36. The molecule has 0 aliphatic carbocycles. The molecule has 1 aliphatic heterocycles. The molecule has 0 saturated carbocycles. The van der Waals surface area contributed by atoms with Crippen LogP contribution in [0.25, 0.3) is 10.8 Å². The van der Waals surface area contributed by atoms with Gasteiger partial charge >= 0.3 is 11.9 Å². The van der Waals surface area contributed by atoms with Crippen molar-refractivity contribution in [3.05, 3.63) is 65.2 Å². The Morgan fingerprint density at radius 1 is 0.698 bits per heavy atom. The lowest BCUT2D eigenvalue weighted by atomic mass is 9.98. The molecule has 10 heteroatoms. The standard InChI is InChI=1S/C43H56N2O8/c1-3-5-6-7-8-9-10-11-12-13-14-15-16-17-18-19-22-30-28-38(46)45(40(30)48)37-29-36(39(47)35-24-21-20-23-34(35)37)41(49)44(4-2)33-26-31(42(50)51)25-32(27-33)43(52)53/h20-21,23-27,29-30,47H,3-19,22,28H2,1-2H3,(H,50,51)(H,52,53). The number of anilines is 2. The number of hydrogen-bond donors (Lipinski definition) is 3. The number of phenols is 1. The zero-order valence-electron chi connectivity index (χ0n) is 31.4. The highest BCUT2D eigenvalue weighted by Crippen LogP contribution is 2.41. The first-order chi connectivity index (χ1) is 25.6. The van der Waals surface area contributed by atoms with Crippen LogP contribution in [0.15, 0.2) is 48.5 Å².